The number of hydrogen-bond donors (Lipinski definition) is 1. The second-order valence-corrected chi connectivity index (χ2v) is 6.77. The van der Waals surface area contributed by atoms with Gasteiger partial charge in [-0.05, 0) is 30.9 Å². The summed E-state index contributed by atoms with van der Waals surface area (Å²) in [5, 5.41) is 2.91. The van der Waals surface area contributed by atoms with Crippen LogP contribution >= 0.6 is 11.6 Å². The average molecular weight is 363 g/mol. The standard InChI is InChI=1S/C18H20ClFN4O/c1-12-5-7-24(8-6-12)18-21-10-13(11-22-18)23-17(25)9-14-15(19)3-2-4-16(14)20/h2-4,10-12H,5-9H2,1H3,(H,23,25). The lowest BCUT2D eigenvalue weighted by molar-refractivity contribution is -0.115. The van der Waals surface area contributed by atoms with Crippen LogP contribution in [0.15, 0.2) is 30.6 Å². The number of rotatable bonds is 4. The van der Waals surface area contributed by atoms with Gasteiger partial charge in [-0.15, -0.1) is 0 Å². The molecule has 0 spiro atoms. The quantitative estimate of drug-likeness (QED) is 0.901. The second kappa shape index (κ2) is 7.78. The van der Waals surface area contributed by atoms with Crippen molar-refractivity contribution in [2.75, 3.05) is 23.3 Å². The third-order valence-corrected chi connectivity index (χ3v) is 4.74. The SMILES string of the molecule is CC1CCN(c2ncc(NC(=O)Cc3c(F)cccc3Cl)cn2)CC1. The molecule has 1 aromatic heterocycles. The van der Waals surface area contributed by atoms with Crippen molar-refractivity contribution in [3.05, 3.63) is 47.0 Å². The molecule has 1 fully saturated rings. The number of nitrogens with one attached hydrogen (secondary N) is 1. The Bertz CT molecular complexity index is 725. The minimum atomic E-state index is -0.492. The zero-order valence-corrected chi connectivity index (χ0v) is 14.8. The van der Waals surface area contributed by atoms with Gasteiger partial charge in [-0.2, -0.15) is 0 Å². The van der Waals surface area contributed by atoms with Crippen molar-refractivity contribution in [3.63, 3.8) is 0 Å². The van der Waals surface area contributed by atoms with Crippen molar-refractivity contribution in [2.24, 2.45) is 5.92 Å². The molecule has 132 valence electrons. The third-order valence-electron chi connectivity index (χ3n) is 4.39. The smallest absolute Gasteiger partial charge is 0.229 e. The summed E-state index contributed by atoms with van der Waals surface area (Å²) >= 11 is 5.94. The van der Waals surface area contributed by atoms with Crippen molar-refractivity contribution < 1.29 is 9.18 Å². The van der Waals surface area contributed by atoms with Crippen LogP contribution in [0.2, 0.25) is 5.02 Å². The molecule has 1 aromatic carbocycles. The van der Waals surface area contributed by atoms with Crippen LogP contribution in [0, 0.1) is 11.7 Å². The maximum Gasteiger partial charge on any atom is 0.229 e. The number of halogens is 2. The predicted molar refractivity (Wildman–Crippen MR) is 96.4 cm³/mol. The largest absolute Gasteiger partial charge is 0.341 e. The molecule has 7 heteroatoms. The van der Waals surface area contributed by atoms with Crippen LogP contribution in [0.1, 0.15) is 25.3 Å². The van der Waals surface area contributed by atoms with E-state index in [4.69, 9.17) is 11.6 Å². The Balaban J connectivity index is 1.60. The molecule has 1 amide bonds. The van der Waals surface area contributed by atoms with Crippen LogP contribution < -0.4 is 10.2 Å². The predicted octanol–water partition coefficient (Wildman–Crippen LogP) is 3.69. The summed E-state index contributed by atoms with van der Waals surface area (Å²) in [4.78, 5) is 22.9. The number of hydrogen-bond acceptors (Lipinski definition) is 4. The van der Waals surface area contributed by atoms with Crippen LogP contribution in [-0.2, 0) is 11.2 Å². The molecule has 3 rings (SSSR count). The molecule has 5 nitrogen and oxygen atoms in total. The van der Waals surface area contributed by atoms with E-state index in [1.807, 2.05) is 0 Å². The molecule has 2 heterocycles. The molecule has 1 aliphatic rings. The maximum absolute atomic E-state index is 13.7. The van der Waals surface area contributed by atoms with E-state index in [2.05, 4.69) is 27.1 Å². The van der Waals surface area contributed by atoms with Crippen LogP contribution in [0.5, 0.6) is 0 Å². The molecular weight excluding hydrogens is 343 g/mol. The van der Waals surface area contributed by atoms with Gasteiger partial charge >= 0.3 is 0 Å². The molecular formula is C18H20ClFN4O. The van der Waals surface area contributed by atoms with Gasteiger partial charge in [-0.25, -0.2) is 14.4 Å². The minimum absolute atomic E-state index is 0.142. The number of piperidine rings is 1. The van der Waals surface area contributed by atoms with Crippen molar-refractivity contribution in [1.29, 1.82) is 0 Å². The summed E-state index contributed by atoms with van der Waals surface area (Å²) in [5.41, 5.74) is 0.660. The van der Waals surface area contributed by atoms with Crippen LogP contribution in [0.25, 0.3) is 0 Å². The van der Waals surface area contributed by atoms with Crippen molar-refractivity contribution in [3.8, 4) is 0 Å². The Morgan fingerprint density at radius 2 is 2.00 bits per heavy atom. The number of anilines is 2. The fourth-order valence-electron chi connectivity index (χ4n) is 2.82. The first-order valence-corrected chi connectivity index (χ1v) is 8.70. The van der Waals surface area contributed by atoms with E-state index in [0.29, 0.717) is 11.6 Å². The lowest BCUT2D eigenvalue weighted by Crippen LogP contribution is -2.34. The van der Waals surface area contributed by atoms with E-state index in [0.717, 1.165) is 31.8 Å². The summed E-state index contributed by atoms with van der Waals surface area (Å²) in [6, 6.07) is 4.35. The molecule has 0 unspecified atom stereocenters. The zero-order chi connectivity index (χ0) is 17.8. The van der Waals surface area contributed by atoms with E-state index in [1.54, 1.807) is 18.5 Å². The van der Waals surface area contributed by atoms with E-state index < -0.39 is 5.82 Å². The Kier molecular flexibility index (Phi) is 5.48. The third kappa shape index (κ3) is 4.45. The molecule has 25 heavy (non-hydrogen) atoms. The monoisotopic (exact) mass is 362 g/mol. The minimum Gasteiger partial charge on any atom is -0.341 e. The number of aromatic nitrogens is 2. The van der Waals surface area contributed by atoms with E-state index in [9.17, 15) is 9.18 Å². The number of amides is 1. The first kappa shape index (κ1) is 17.6. The van der Waals surface area contributed by atoms with Crippen molar-refractivity contribution >= 4 is 29.1 Å². The Morgan fingerprint density at radius 3 is 2.64 bits per heavy atom. The Hall–Kier alpha value is -2.21. The van der Waals surface area contributed by atoms with Gasteiger partial charge in [0.05, 0.1) is 24.5 Å². The van der Waals surface area contributed by atoms with Gasteiger partial charge in [-0.3, -0.25) is 4.79 Å². The highest BCUT2D eigenvalue weighted by molar-refractivity contribution is 6.31. The molecule has 0 bridgehead atoms. The van der Waals surface area contributed by atoms with Crippen LogP contribution in [-0.4, -0.2) is 29.0 Å². The number of benzene rings is 1. The Labute approximate surface area is 151 Å². The average Bonchev–Trinajstić information content (AvgIpc) is 2.60. The first-order valence-electron chi connectivity index (χ1n) is 8.32. The van der Waals surface area contributed by atoms with Crippen LogP contribution in [0.4, 0.5) is 16.0 Å². The number of carbonyl (C=O) groups excluding carboxylic acids is 1. The maximum atomic E-state index is 13.7. The van der Waals surface area contributed by atoms with Gasteiger partial charge in [-0.1, -0.05) is 24.6 Å². The molecule has 0 aliphatic carbocycles. The Morgan fingerprint density at radius 1 is 1.32 bits per heavy atom. The lowest BCUT2D eigenvalue weighted by atomic mass is 10.00. The highest BCUT2D eigenvalue weighted by Gasteiger charge is 2.18. The van der Waals surface area contributed by atoms with Gasteiger partial charge in [0.2, 0.25) is 11.9 Å². The van der Waals surface area contributed by atoms with Crippen molar-refractivity contribution in [1.82, 2.24) is 9.97 Å². The van der Waals surface area contributed by atoms with Gasteiger partial charge < -0.3 is 10.2 Å². The molecule has 1 saturated heterocycles. The summed E-state index contributed by atoms with van der Waals surface area (Å²) in [7, 11) is 0. The molecule has 0 radical (unpaired) electrons. The van der Waals surface area contributed by atoms with E-state index >= 15 is 0 Å². The normalized spacial score (nSPS) is 15.2. The summed E-state index contributed by atoms with van der Waals surface area (Å²) < 4.78 is 13.7. The topological polar surface area (TPSA) is 58.1 Å². The fraction of sp³-hybridized carbons (Fsp3) is 0.389. The summed E-state index contributed by atoms with van der Waals surface area (Å²) in [6.45, 7) is 4.13. The highest BCUT2D eigenvalue weighted by atomic mass is 35.5. The van der Waals surface area contributed by atoms with Crippen LogP contribution in [0.3, 0.4) is 0 Å². The molecule has 0 atom stereocenters. The van der Waals surface area contributed by atoms with E-state index in [1.165, 1.54) is 12.1 Å². The lowest BCUT2D eigenvalue weighted by Gasteiger charge is -2.30. The highest BCUT2D eigenvalue weighted by Crippen LogP contribution is 2.21. The first-order chi connectivity index (χ1) is 12.0. The number of nitrogens with zero attached hydrogens (tertiary/aromatic N) is 3. The van der Waals surface area contributed by atoms with Crippen molar-refractivity contribution in [2.45, 2.75) is 26.2 Å². The summed E-state index contributed by atoms with van der Waals surface area (Å²) in [5.74, 6) is 0.547. The van der Waals surface area contributed by atoms with E-state index in [-0.39, 0.29) is 22.9 Å². The molecule has 2 aromatic rings. The fourth-order valence-corrected chi connectivity index (χ4v) is 3.05. The zero-order valence-electron chi connectivity index (χ0n) is 14.0. The van der Waals surface area contributed by atoms with Gasteiger partial charge in [0.25, 0.3) is 0 Å². The van der Waals surface area contributed by atoms with Gasteiger partial charge in [0.15, 0.2) is 0 Å². The molecule has 1 aliphatic heterocycles. The van der Waals surface area contributed by atoms with Gasteiger partial charge in [0.1, 0.15) is 5.82 Å². The summed E-state index contributed by atoms with van der Waals surface area (Å²) in [6.07, 6.45) is 5.26. The molecule has 0 saturated carbocycles. The van der Waals surface area contributed by atoms with Gasteiger partial charge in [0, 0.05) is 23.7 Å². The number of carbonyl (C=O) groups is 1. The second-order valence-electron chi connectivity index (χ2n) is 6.37. The molecule has 1 N–H and O–H groups in total.